The average molecular weight is 458 g/mol. The second-order valence-electron chi connectivity index (χ2n) is 6.88. The minimum absolute atomic E-state index is 0.0778. The lowest BCUT2D eigenvalue weighted by molar-refractivity contribution is -0.219. The topological polar surface area (TPSA) is 66.9 Å². The maximum absolute atomic E-state index is 12.9. The quantitative estimate of drug-likeness (QED) is 0.395. The van der Waals surface area contributed by atoms with Crippen molar-refractivity contribution in [3.8, 4) is 0 Å². The number of thiophene rings is 1. The van der Waals surface area contributed by atoms with Gasteiger partial charge in [-0.05, 0) is 31.5 Å². The number of ether oxygens (including phenoxy) is 1. The van der Waals surface area contributed by atoms with Crippen molar-refractivity contribution in [1.29, 1.82) is 0 Å². The van der Waals surface area contributed by atoms with Crippen molar-refractivity contribution in [2.45, 2.75) is 43.9 Å². The molecular formula is C17H16F6N2O4S. The molecule has 0 bridgehead atoms. The monoisotopic (exact) mass is 458 g/mol. The van der Waals surface area contributed by atoms with E-state index in [1.807, 2.05) is 4.90 Å². The number of fused-ring (bicyclic) bond motifs is 1. The van der Waals surface area contributed by atoms with Crippen LogP contribution >= 0.6 is 11.3 Å². The molecule has 0 aliphatic carbocycles. The summed E-state index contributed by atoms with van der Waals surface area (Å²) in [5.41, 5.74) is 0. The van der Waals surface area contributed by atoms with Gasteiger partial charge in [0.25, 0.3) is 11.7 Å². The number of ketones is 1. The van der Waals surface area contributed by atoms with Gasteiger partial charge in [0.2, 0.25) is 0 Å². The largest absolute Gasteiger partial charge is 0.491 e. The number of Topliss-reactive ketones (excluding diaryl/α,β-unsaturated/α-hetero) is 1. The lowest BCUT2D eigenvalue weighted by atomic mass is 9.97. The number of amides is 1. The maximum Gasteiger partial charge on any atom is 0.491 e. The minimum Gasteiger partial charge on any atom is -0.433 e. The van der Waals surface area contributed by atoms with Crippen LogP contribution in [-0.4, -0.2) is 71.7 Å². The predicted molar refractivity (Wildman–Crippen MR) is 90.9 cm³/mol. The number of hydrogen-bond acceptors (Lipinski definition) is 6. The van der Waals surface area contributed by atoms with E-state index in [0.717, 1.165) is 23.5 Å². The second-order valence-corrected chi connectivity index (χ2v) is 7.97. The Morgan fingerprint density at radius 1 is 0.933 bits per heavy atom. The Balaban J connectivity index is 1.86. The Morgan fingerprint density at radius 3 is 2.23 bits per heavy atom. The zero-order valence-corrected chi connectivity index (χ0v) is 16.1. The van der Waals surface area contributed by atoms with E-state index in [0.29, 0.717) is 25.9 Å². The molecule has 30 heavy (non-hydrogen) atoms. The molecule has 0 saturated carbocycles. The molecule has 2 aliphatic heterocycles. The van der Waals surface area contributed by atoms with Crippen LogP contribution in [0.2, 0.25) is 0 Å². The lowest BCUT2D eigenvalue weighted by Gasteiger charge is -2.48. The summed E-state index contributed by atoms with van der Waals surface area (Å²) in [7, 11) is 0. The maximum atomic E-state index is 12.9. The summed E-state index contributed by atoms with van der Waals surface area (Å²) in [6, 6.07) is 1.18. The van der Waals surface area contributed by atoms with Crippen molar-refractivity contribution in [3.05, 3.63) is 21.9 Å². The molecule has 2 unspecified atom stereocenters. The number of esters is 1. The third kappa shape index (κ3) is 4.61. The van der Waals surface area contributed by atoms with Gasteiger partial charge < -0.3 is 4.74 Å². The SMILES string of the molecule is O=C(c1ccc(C(=O)C(F)(F)F)s1)N1CCN2CCCCC2C1OC(=O)C(F)(F)F. The fourth-order valence-corrected chi connectivity index (χ4v) is 4.50. The summed E-state index contributed by atoms with van der Waals surface area (Å²) >= 11 is 0.288. The zero-order valence-electron chi connectivity index (χ0n) is 15.3. The Kier molecular flexibility index (Phi) is 6.14. The first kappa shape index (κ1) is 22.5. The van der Waals surface area contributed by atoms with Crippen LogP contribution in [0.5, 0.6) is 0 Å². The molecule has 3 rings (SSSR count). The molecule has 2 aliphatic rings. The Bertz CT molecular complexity index is 837. The van der Waals surface area contributed by atoms with Gasteiger partial charge in [-0.2, -0.15) is 26.3 Å². The number of alkyl halides is 6. The van der Waals surface area contributed by atoms with Crippen LogP contribution < -0.4 is 0 Å². The molecule has 0 radical (unpaired) electrons. The smallest absolute Gasteiger partial charge is 0.433 e. The second kappa shape index (κ2) is 8.17. The van der Waals surface area contributed by atoms with Crippen LogP contribution in [0.25, 0.3) is 0 Å². The van der Waals surface area contributed by atoms with Gasteiger partial charge in [0.05, 0.1) is 15.8 Å². The van der Waals surface area contributed by atoms with Gasteiger partial charge in [-0.15, -0.1) is 11.3 Å². The number of rotatable bonds is 3. The molecule has 1 aromatic rings. The highest BCUT2D eigenvalue weighted by atomic mass is 32.1. The van der Waals surface area contributed by atoms with E-state index in [1.165, 1.54) is 0 Å². The molecule has 1 aromatic heterocycles. The van der Waals surface area contributed by atoms with E-state index in [9.17, 15) is 40.7 Å². The molecule has 13 heteroatoms. The number of carbonyl (C=O) groups excluding carboxylic acids is 3. The van der Waals surface area contributed by atoms with Crippen LogP contribution in [0, 0.1) is 0 Å². The summed E-state index contributed by atoms with van der Waals surface area (Å²) < 4.78 is 80.7. The van der Waals surface area contributed by atoms with E-state index >= 15 is 0 Å². The molecule has 0 N–H and O–H groups in total. The van der Waals surface area contributed by atoms with Crippen LogP contribution in [0.15, 0.2) is 12.1 Å². The number of hydrogen-bond donors (Lipinski definition) is 0. The van der Waals surface area contributed by atoms with Crippen LogP contribution in [0.4, 0.5) is 26.3 Å². The zero-order chi connectivity index (χ0) is 22.3. The molecule has 6 nitrogen and oxygen atoms in total. The number of piperidine rings is 1. The minimum atomic E-state index is -5.26. The Labute approximate surface area is 170 Å². The van der Waals surface area contributed by atoms with Crippen molar-refractivity contribution in [3.63, 3.8) is 0 Å². The number of carbonyl (C=O) groups is 3. The molecular weight excluding hydrogens is 442 g/mol. The van der Waals surface area contributed by atoms with Crippen molar-refractivity contribution < 1.29 is 45.5 Å². The molecule has 166 valence electrons. The number of halogens is 6. The van der Waals surface area contributed by atoms with E-state index in [4.69, 9.17) is 0 Å². The first-order chi connectivity index (χ1) is 13.9. The molecule has 3 heterocycles. The van der Waals surface area contributed by atoms with E-state index in [1.54, 1.807) is 0 Å². The van der Waals surface area contributed by atoms with Crippen molar-refractivity contribution in [2.75, 3.05) is 19.6 Å². The summed E-state index contributed by atoms with van der Waals surface area (Å²) in [4.78, 5) is 37.4. The van der Waals surface area contributed by atoms with Gasteiger partial charge in [-0.1, -0.05) is 6.42 Å². The lowest BCUT2D eigenvalue weighted by Crippen LogP contribution is -2.63. The molecule has 2 saturated heterocycles. The van der Waals surface area contributed by atoms with Crippen LogP contribution in [-0.2, 0) is 9.53 Å². The summed E-state index contributed by atoms with van der Waals surface area (Å²) in [5, 5.41) is 0. The highest BCUT2D eigenvalue weighted by Gasteiger charge is 2.48. The van der Waals surface area contributed by atoms with Gasteiger partial charge in [0, 0.05) is 13.1 Å². The third-order valence-electron chi connectivity index (χ3n) is 4.95. The molecule has 0 aromatic carbocycles. The fraction of sp³-hybridized carbons (Fsp3) is 0.588. The van der Waals surface area contributed by atoms with Crippen molar-refractivity contribution >= 4 is 29.0 Å². The number of nitrogens with zero attached hydrogens (tertiary/aromatic N) is 2. The number of piperazine rings is 1. The third-order valence-corrected chi connectivity index (χ3v) is 6.02. The highest BCUT2D eigenvalue weighted by molar-refractivity contribution is 7.16. The van der Waals surface area contributed by atoms with E-state index < -0.39 is 47.2 Å². The first-order valence-corrected chi connectivity index (χ1v) is 9.75. The van der Waals surface area contributed by atoms with Gasteiger partial charge in [-0.25, -0.2) is 4.79 Å². The van der Waals surface area contributed by atoms with Crippen LogP contribution in [0.1, 0.15) is 38.6 Å². The Morgan fingerprint density at radius 2 is 1.60 bits per heavy atom. The molecule has 0 spiro atoms. The first-order valence-electron chi connectivity index (χ1n) is 8.94. The fourth-order valence-electron chi connectivity index (χ4n) is 3.58. The highest BCUT2D eigenvalue weighted by Crippen LogP contribution is 2.32. The normalized spacial score (nSPS) is 23.1. The standard InChI is InChI=1S/C17H16F6N2O4S/c18-16(19,20)12(26)10-4-5-11(30-10)13(27)25-8-7-24-6-2-1-3-9(24)14(25)29-15(28)17(21,22)23/h4-5,9,14H,1-3,6-8H2. The molecule has 1 amide bonds. The van der Waals surface area contributed by atoms with Crippen LogP contribution in [0.3, 0.4) is 0 Å². The molecule has 2 atom stereocenters. The summed E-state index contributed by atoms with van der Waals surface area (Å²) in [6.45, 7) is 0.803. The van der Waals surface area contributed by atoms with Gasteiger partial charge >= 0.3 is 18.3 Å². The summed E-state index contributed by atoms with van der Waals surface area (Å²) in [6.07, 6.45) is -10.1. The van der Waals surface area contributed by atoms with Gasteiger partial charge in [-0.3, -0.25) is 19.4 Å². The molecule has 2 fully saturated rings. The van der Waals surface area contributed by atoms with Gasteiger partial charge in [0.1, 0.15) is 0 Å². The summed E-state index contributed by atoms with van der Waals surface area (Å²) in [5.74, 6) is -5.47. The van der Waals surface area contributed by atoms with E-state index in [-0.39, 0.29) is 22.8 Å². The average Bonchev–Trinajstić information content (AvgIpc) is 3.15. The van der Waals surface area contributed by atoms with Gasteiger partial charge in [0.15, 0.2) is 6.23 Å². The predicted octanol–water partition coefficient (Wildman–Crippen LogP) is 3.24. The Hall–Kier alpha value is -2.15. The van der Waals surface area contributed by atoms with E-state index in [2.05, 4.69) is 4.74 Å². The van der Waals surface area contributed by atoms with Crippen molar-refractivity contribution in [2.24, 2.45) is 0 Å². The van der Waals surface area contributed by atoms with Crippen molar-refractivity contribution in [1.82, 2.24) is 9.80 Å².